The minimum atomic E-state index is -0.390. The third kappa shape index (κ3) is 5.19. The molecule has 0 heterocycles. The van der Waals surface area contributed by atoms with E-state index in [2.05, 4.69) is 42.6 Å². The van der Waals surface area contributed by atoms with Crippen LogP contribution in [-0.4, -0.2) is 42.5 Å². The molecule has 0 saturated carbocycles. The Morgan fingerprint density at radius 3 is 2.05 bits per heavy atom. The van der Waals surface area contributed by atoms with Crippen LogP contribution < -0.4 is 5.32 Å². The van der Waals surface area contributed by atoms with Crippen LogP contribution in [0, 0.1) is 0 Å². The summed E-state index contributed by atoms with van der Waals surface area (Å²) in [7, 11) is 1.34. The predicted octanol–water partition coefficient (Wildman–Crippen LogP) is 2.53. The molecule has 1 amide bonds. The molecule has 0 aliphatic rings. The number of methoxy groups -OCH3 is 1. The van der Waals surface area contributed by atoms with E-state index in [0.717, 1.165) is 0 Å². The third-order valence-electron chi connectivity index (χ3n) is 3.24. The van der Waals surface area contributed by atoms with E-state index < -0.39 is 5.97 Å². The number of anilines is 1. The van der Waals surface area contributed by atoms with E-state index in [1.807, 2.05) is 0 Å². The maximum atomic E-state index is 12.1. The number of hydrogen-bond acceptors (Lipinski definition) is 4. The van der Waals surface area contributed by atoms with Crippen molar-refractivity contribution in [1.82, 2.24) is 4.90 Å². The SMILES string of the molecule is COC(=O)c1ccc(NC(=O)CN(C(C)C)C(C)C)cc1. The van der Waals surface area contributed by atoms with Crippen LogP contribution in [0.1, 0.15) is 38.1 Å². The van der Waals surface area contributed by atoms with E-state index in [0.29, 0.717) is 29.9 Å². The molecule has 5 nitrogen and oxygen atoms in total. The van der Waals surface area contributed by atoms with Crippen LogP contribution in [0.15, 0.2) is 24.3 Å². The molecule has 0 aliphatic heterocycles. The highest BCUT2D eigenvalue weighted by atomic mass is 16.5. The van der Waals surface area contributed by atoms with Gasteiger partial charge in [-0.1, -0.05) is 0 Å². The highest BCUT2D eigenvalue weighted by Gasteiger charge is 2.17. The molecular formula is C16H24N2O3. The first kappa shape index (κ1) is 17.2. The Hall–Kier alpha value is -1.88. The minimum Gasteiger partial charge on any atom is -0.465 e. The molecular weight excluding hydrogens is 268 g/mol. The van der Waals surface area contributed by atoms with Gasteiger partial charge in [-0.2, -0.15) is 0 Å². The van der Waals surface area contributed by atoms with Crippen LogP contribution >= 0.6 is 0 Å². The lowest BCUT2D eigenvalue weighted by atomic mass is 10.2. The fourth-order valence-corrected chi connectivity index (χ4v) is 2.14. The molecule has 0 bridgehead atoms. The highest BCUT2D eigenvalue weighted by molar-refractivity contribution is 5.94. The van der Waals surface area contributed by atoms with Crippen molar-refractivity contribution < 1.29 is 14.3 Å². The molecule has 5 heteroatoms. The molecule has 0 radical (unpaired) electrons. The van der Waals surface area contributed by atoms with E-state index in [-0.39, 0.29) is 5.91 Å². The number of benzene rings is 1. The van der Waals surface area contributed by atoms with Crippen LogP contribution in [0.4, 0.5) is 5.69 Å². The van der Waals surface area contributed by atoms with Gasteiger partial charge in [0.1, 0.15) is 0 Å². The lowest BCUT2D eigenvalue weighted by Gasteiger charge is -2.29. The van der Waals surface area contributed by atoms with Crippen molar-refractivity contribution in [3.63, 3.8) is 0 Å². The van der Waals surface area contributed by atoms with Gasteiger partial charge in [0, 0.05) is 17.8 Å². The van der Waals surface area contributed by atoms with Crippen LogP contribution in [-0.2, 0) is 9.53 Å². The fraction of sp³-hybridized carbons (Fsp3) is 0.500. The molecule has 0 fully saturated rings. The maximum Gasteiger partial charge on any atom is 0.337 e. The van der Waals surface area contributed by atoms with Crippen LogP contribution in [0.3, 0.4) is 0 Å². The Kier molecular flexibility index (Phi) is 6.37. The summed E-state index contributed by atoms with van der Waals surface area (Å²) in [6.45, 7) is 8.61. The Bertz CT molecular complexity index is 473. The molecule has 1 aromatic rings. The summed E-state index contributed by atoms with van der Waals surface area (Å²) in [6.07, 6.45) is 0. The van der Waals surface area contributed by atoms with Crippen LogP contribution in [0.25, 0.3) is 0 Å². The standard InChI is InChI=1S/C16H24N2O3/c1-11(2)18(12(3)4)10-15(19)17-14-8-6-13(7-9-14)16(20)21-5/h6-9,11-12H,10H2,1-5H3,(H,17,19). The van der Waals surface area contributed by atoms with Gasteiger partial charge in [-0.05, 0) is 52.0 Å². The normalized spacial score (nSPS) is 11.0. The number of esters is 1. The first-order chi connectivity index (χ1) is 9.85. The summed E-state index contributed by atoms with van der Waals surface area (Å²) in [5.74, 6) is -0.457. The van der Waals surface area contributed by atoms with Crippen molar-refractivity contribution in [1.29, 1.82) is 0 Å². The average molecular weight is 292 g/mol. The van der Waals surface area contributed by atoms with Gasteiger partial charge in [0.05, 0.1) is 19.2 Å². The number of amides is 1. The lowest BCUT2D eigenvalue weighted by Crippen LogP contribution is -2.42. The number of ether oxygens (including phenoxy) is 1. The topological polar surface area (TPSA) is 58.6 Å². The molecule has 0 aliphatic carbocycles. The summed E-state index contributed by atoms with van der Waals surface area (Å²) in [5, 5.41) is 2.83. The quantitative estimate of drug-likeness (QED) is 0.819. The smallest absolute Gasteiger partial charge is 0.337 e. The fourth-order valence-electron chi connectivity index (χ4n) is 2.14. The summed E-state index contributed by atoms with van der Waals surface area (Å²) in [5.41, 5.74) is 1.13. The van der Waals surface area contributed by atoms with Crippen molar-refractivity contribution >= 4 is 17.6 Å². The van der Waals surface area contributed by atoms with Gasteiger partial charge in [-0.3, -0.25) is 9.69 Å². The van der Waals surface area contributed by atoms with Gasteiger partial charge < -0.3 is 10.1 Å². The molecule has 0 unspecified atom stereocenters. The van der Waals surface area contributed by atoms with Crippen molar-refractivity contribution in [2.45, 2.75) is 39.8 Å². The molecule has 0 aromatic heterocycles. The zero-order valence-electron chi connectivity index (χ0n) is 13.3. The molecule has 116 valence electrons. The van der Waals surface area contributed by atoms with Crippen LogP contribution in [0.2, 0.25) is 0 Å². The van der Waals surface area contributed by atoms with Crippen molar-refractivity contribution in [3.05, 3.63) is 29.8 Å². The Morgan fingerprint density at radius 1 is 1.10 bits per heavy atom. The zero-order valence-corrected chi connectivity index (χ0v) is 13.3. The summed E-state index contributed by atoms with van der Waals surface area (Å²) < 4.78 is 4.63. The number of hydrogen-bond donors (Lipinski definition) is 1. The molecule has 1 aromatic carbocycles. The van der Waals surface area contributed by atoms with E-state index in [1.165, 1.54) is 7.11 Å². The van der Waals surface area contributed by atoms with Gasteiger partial charge in [0.15, 0.2) is 0 Å². The zero-order chi connectivity index (χ0) is 16.0. The first-order valence-electron chi connectivity index (χ1n) is 7.09. The molecule has 1 rings (SSSR count). The largest absolute Gasteiger partial charge is 0.465 e. The summed E-state index contributed by atoms with van der Waals surface area (Å²) >= 11 is 0. The number of rotatable bonds is 6. The molecule has 1 N–H and O–H groups in total. The Balaban J connectivity index is 2.64. The highest BCUT2D eigenvalue weighted by Crippen LogP contribution is 2.11. The Morgan fingerprint density at radius 2 is 1.62 bits per heavy atom. The van der Waals surface area contributed by atoms with Crippen LogP contribution in [0.5, 0.6) is 0 Å². The number of carbonyl (C=O) groups is 2. The van der Waals surface area contributed by atoms with Gasteiger partial charge in [0.2, 0.25) is 5.91 Å². The number of nitrogens with one attached hydrogen (secondary N) is 1. The Labute approximate surface area is 126 Å². The lowest BCUT2D eigenvalue weighted by molar-refractivity contribution is -0.118. The van der Waals surface area contributed by atoms with Gasteiger partial charge in [0.25, 0.3) is 0 Å². The van der Waals surface area contributed by atoms with E-state index in [9.17, 15) is 9.59 Å². The van der Waals surface area contributed by atoms with Crippen molar-refractivity contribution in [2.75, 3.05) is 19.0 Å². The van der Waals surface area contributed by atoms with E-state index >= 15 is 0 Å². The second-order valence-electron chi connectivity index (χ2n) is 5.48. The third-order valence-corrected chi connectivity index (χ3v) is 3.24. The van der Waals surface area contributed by atoms with Gasteiger partial charge >= 0.3 is 5.97 Å². The predicted molar refractivity (Wildman–Crippen MR) is 83.4 cm³/mol. The van der Waals surface area contributed by atoms with Crippen molar-refractivity contribution in [2.24, 2.45) is 0 Å². The molecule has 0 saturated heterocycles. The maximum absolute atomic E-state index is 12.1. The van der Waals surface area contributed by atoms with Gasteiger partial charge in [-0.25, -0.2) is 4.79 Å². The first-order valence-corrected chi connectivity index (χ1v) is 7.09. The van der Waals surface area contributed by atoms with E-state index in [1.54, 1.807) is 24.3 Å². The average Bonchev–Trinajstić information content (AvgIpc) is 2.44. The summed E-state index contributed by atoms with van der Waals surface area (Å²) in [6, 6.07) is 7.25. The summed E-state index contributed by atoms with van der Waals surface area (Å²) in [4.78, 5) is 25.5. The number of nitrogens with zero attached hydrogens (tertiary/aromatic N) is 1. The van der Waals surface area contributed by atoms with E-state index in [4.69, 9.17) is 0 Å². The molecule has 0 atom stereocenters. The van der Waals surface area contributed by atoms with Gasteiger partial charge in [-0.15, -0.1) is 0 Å². The minimum absolute atomic E-state index is 0.0665. The molecule has 21 heavy (non-hydrogen) atoms. The number of carbonyl (C=O) groups excluding carboxylic acids is 2. The second kappa shape index (κ2) is 7.78. The molecule has 0 spiro atoms. The monoisotopic (exact) mass is 292 g/mol. The second-order valence-corrected chi connectivity index (χ2v) is 5.48. The van der Waals surface area contributed by atoms with Crippen molar-refractivity contribution in [3.8, 4) is 0 Å².